The summed E-state index contributed by atoms with van der Waals surface area (Å²) < 4.78 is 29.6. The SMILES string of the molecule is Cc1ccc(S(=O)(=O)N2CC3CC(NC(C)C)Cc4c(I)ccc2c43)cc1. The van der Waals surface area contributed by atoms with Gasteiger partial charge in [0.25, 0.3) is 10.0 Å². The van der Waals surface area contributed by atoms with Crippen LogP contribution in [0.3, 0.4) is 0 Å². The molecule has 0 fully saturated rings. The molecule has 1 aliphatic carbocycles. The zero-order valence-corrected chi connectivity index (χ0v) is 18.8. The molecule has 2 aromatic rings. The van der Waals surface area contributed by atoms with Crippen LogP contribution in [0.1, 0.15) is 42.9 Å². The fourth-order valence-corrected chi connectivity index (χ4v) is 6.64. The van der Waals surface area contributed by atoms with Gasteiger partial charge in [-0.25, -0.2) is 8.42 Å². The number of nitrogens with zero attached hydrogens (tertiary/aromatic N) is 1. The van der Waals surface area contributed by atoms with Gasteiger partial charge in [0.15, 0.2) is 0 Å². The predicted octanol–water partition coefficient (Wildman–Crippen LogP) is 4.20. The van der Waals surface area contributed by atoms with Gasteiger partial charge in [-0.1, -0.05) is 31.5 Å². The number of nitrogens with one attached hydrogen (secondary N) is 1. The van der Waals surface area contributed by atoms with E-state index in [1.807, 2.05) is 25.1 Å². The first-order valence-corrected chi connectivity index (χ1v) is 12.0. The number of aryl methyl sites for hydroxylation is 1. The van der Waals surface area contributed by atoms with E-state index in [-0.39, 0.29) is 5.92 Å². The van der Waals surface area contributed by atoms with Crippen molar-refractivity contribution in [1.82, 2.24) is 5.32 Å². The normalized spacial score (nSPS) is 21.6. The second-order valence-corrected chi connectivity index (χ2v) is 11.0. The fraction of sp³-hybridized carbons (Fsp3) is 0.429. The lowest BCUT2D eigenvalue weighted by molar-refractivity contribution is 0.393. The zero-order chi connectivity index (χ0) is 19.3. The summed E-state index contributed by atoms with van der Waals surface area (Å²) in [6.07, 6.45) is 1.95. The lowest BCUT2D eigenvalue weighted by Gasteiger charge is -2.31. The number of rotatable bonds is 4. The predicted molar refractivity (Wildman–Crippen MR) is 118 cm³/mol. The van der Waals surface area contributed by atoms with Crippen LogP contribution in [-0.2, 0) is 16.4 Å². The number of sulfonamides is 1. The minimum atomic E-state index is -3.54. The maximum atomic E-state index is 13.4. The van der Waals surface area contributed by atoms with Crippen molar-refractivity contribution in [3.05, 3.63) is 56.7 Å². The van der Waals surface area contributed by atoms with Crippen molar-refractivity contribution in [3.8, 4) is 0 Å². The van der Waals surface area contributed by atoms with Crippen LogP contribution in [0.15, 0.2) is 41.3 Å². The Morgan fingerprint density at radius 1 is 1.15 bits per heavy atom. The van der Waals surface area contributed by atoms with Gasteiger partial charge in [0.2, 0.25) is 0 Å². The van der Waals surface area contributed by atoms with Crippen LogP contribution in [0, 0.1) is 10.5 Å². The van der Waals surface area contributed by atoms with E-state index in [2.05, 4.69) is 47.8 Å². The van der Waals surface area contributed by atoms with Crippen LogP contribution >= 0.6 is 22.6 Å². The Bertz CT molecular complexity index is 970. The number of anilines is 1. The smallest absolute Gasteiger partial charge is 0.264 e. The van der Waals surface area contributed by atoms with E-state index in [0.717, 1.165) is 24.1 Å². The monoisotopic (exact) mass is 496 g/mol. The summed E-state index contributed by atoms with van der Waals surface area (Å²) in [6, 6.07) is 12.0. The van der Waals surface area contributed by atoms with E-state index in [1.54, 1.807) is 16.4 Å². The summed E-state index contributed by atoms with van der Waals surface area (Å²) in [7, 11) is -3.54. The van der Waals surface area contributed by atoms with E-state index in [4.69, 9.17) is 0 Å². The van der Waals surface area contributed by atoms with Crippen molar-refractivity contribution < 1.29 is 8.42 Å². The van der Waals surface area contributed by atoms with E-state index >= 15 is 0 Å². The summed E-state index contributed by atoms with van der Waals surface area (Å²) in [5.74, 6) is 0.259. The molecule has 2 aliphatic rings. The van der Waals surface area contributed by atoms with Crippen LogP contribution < -0.4 is 9.62 Å². The Balaban J connectivity index is 1.75. The van der Waals surface area contributed by atoms with Gasteiger partial charge < -0.3 is 5.32 Å². The molecule has 4 nitrogen and oxygen atoms in total. The Labute approximate surface area is 175 Å². The van der Waals surface area contributed by atoms with Gasteiger partial charge in [-0.15, -0.1) is 0 Å². The largest absolute Gasteiger partial charge is 0.311 e. The topological polar surface area (TPSA) is 49.4 Å². The summed E-state index contributed by atoms with van der Waals surface area (Å²) >= 11 is 2.39. The molecule has 144 valence electrons. The molecule has 2 atom stereocenters. The Hall–Kier alpha value is -1.12. The van der Waals surface area contributed by atoms with Crippen LogP contribution in [0.4, 0.5) is 5.69 Å². The molecule has 6 heteroatoms. The van der Waals surface area contributed by atoms with Gasteiger partial charge in [-0.2, -0.15) is 0 Å². The van der Waals surface area contributed by atoms with E-state index < -0.39 is 10.0 Å². The molecule has 2 unspecified atom stereocenters. The summed E-state index contributed by atoms with van der Waals surface area (Å²) in [5.41, 5.74) is 4.51. The van der Waals surface area contributed by atoms with Crippen LogP contribution in [0.25, 0.3) is 0 Å². The average Bonchev–Trinajstić information content (AvgIpc) is 2.98. The quantitative estimate of drug-likeness (QED) is 0.646. The first kappa shape index (κ1) is 19.2. The van der Waals surface area contributed by atoms with Gasteiger partial charge in [-0.05, 0) is 77.7 Å². The summed E-state index contributed by atoms with van der Waals surface area (Å²) in [5, 5.41) is 3.66. The second-order valence-electron chi connectivity index (χ2n) is 7.96. The minimum Gasteiger partial charge on any atom is -0.311 e. The fourth-order valence-electron chi connectivity index (χ4n) is 4.43. The van der Waals surface area contributed by atoms with E-state index in [9.17, 15) is 8.42 Å². The third kappa shape index (κ3) is 3.40. The molecular weight excluding hydrogens is 471 g/mol. The molecule has 1 N–H and O–H groups in total. The molecule has 1 heterocycles. The molecule has 0 radical (unpaired) electrons. The Morgan fingerprint density at radius 3 is 2.52 bits per heavy atom. The van der Waals surface area contributed by atoms with Crippen molar-refractivity contribution >= 4 is 38.3 Å². The third-order valence-electron chi connectivity index (χ3n) is 5.54. The van der Waals surface area contributed by atoms with Crippen molar-refractivity contribution in [1.29, 1.82) is 0 Å². The van der Waals surface area contributed by atoms with Crippen molar-refractivity contribution in [2.75, 3.05) is 10.8 Å². The first-order chi connectivity index (χ1) is 12.8. The standard InChI is InChI=1S/C21H25IN2O2S/c1-13(2)23-16-10-15-12-24(20-9-8-19(22)18(11-16)21(15)20)27(25,26)17-6-4-14(3)5-7-17/h4-9,13,15-16,23H,10-12H2,1-3H3. The van der Waals surface area contributed by atoms with Crippen molar-refractivity contribution in [2.24, 2.45) is 0 Å². The van der Waals surface area contributed by atoms with Crippen LogP contribution in [0.2, 0.25) is 0 Å². The minimum absolute atomic E-state index is 0.259. The first-order valence-electron chi connectivity index (χ1n) is 9.44. The molecule has 0 bridgehead atoms. The molecule has 0 saturated heterocycles. The molecular formula is C21H25IN2O2S. The molecule has 0 amide bonds. The lowest BCUT2D eigenvalue weighted by Crippen LogP contribution is -2.40. The molecule has 0 saturated carbocycles. The van der Waals surface area contributed by atoms with Crippen molar-refractivity contribution in [3.63, 3.8) is 0 Å². The van der Waals surface area contributed by atoms with Crippen LogP contribution in [-0.4, -0.2) is 27.0 Å². The second kappa shape index (κ2) is 7.04. The van der Waals surface area contributed by atoms with Crippen molar-refractivity contribution in [2.45, 2.75) is 56.5 Å². The Kier molecular flexibility index (Phi) is 5.01. The molecule has 1 aliphatic heterocycles. The van der Waals surface area contributed by atoms with Crippen LogP contribution in [0.5, 0.6) is 0 Å². The summed E-state index contributed by atoms with van der Waals surface area (Å²) in [6.45, 7) is 6.84. The molecule has 0 spiro atoms. The van der Waals surface area contributed by atoms with E-state index in [1.165, 1.54) is 14.7 Å². The van der Waals surface area contributed by atoms with Gasteiger partial charge in [0, 0.05) is 28.1 Å². The molecule has 27 heavy (non-hydrogen) atoms. The van der Waals surface area contributed by atoms with Gasteiger partial charge >= 0.3 is 0 Å². The summed E-state index contributed by atoms with van der Waals surface area (Å²) in [4.78, 5) is 0.371. The maximum absolute atomic E-state index is 13.4. The Morgan fingerprint density at radius 2 is 1.85 bits per heavy atom. The number of benzene rings is 2. The number of halogens is 1. The molecule has 0 aromatic heterocycles. The number of hydrogen-bond donors (Lipinski definition) is 1. The third-order valence-corrected chi connectivity index (χ3v) is 8.34. The lowest BCUT2D eigenvalue weighted by atomic mass is 9.81. The average molecular weight is 496 g/mol. The highest BCUT2D eigenvalue weighted by molar-refractivity contribution is 14.1. The van der Waals surface area contributed by atoms with Gasteiger partial charge in [0.1, 0.15) is 0 Å². The molecule has 2 aromatic carbocycles. The van der Waals surface area contributed by atoms with Gasteiger partial charge in [-0.3, -0.25) is 4.31 Å². The van der Waals surface area contributed by atoms with E-state index in [0.29, 0.717) is 23.5 Å². The van der Waals surface area contributed by atoms with Gasteiger partial charge in [0.05, 0.1) is 10.6 Å². The highest BCUT2D eigenvalue weighted by Gasteiger charge is 2.42. The maximum Gasteiger partial charge on any atom is 0.264 e. The highest BCUT2D eigenvalue weighted by atomic mass is 127. The highest BCUT2D eigenvalue weighted by Crippen LogP contribution is 2.47. The number of hydrogen-bond acceptors (Lipinski definition) is 3. The molecule has 4 rings (SSSR count). The zero-order valence-electron chi connectivity index (χ0n) is 15.9.